The minimum Gasteiger partial charge on any atom is -0.506 e. The quantitative estimate of drug-likeness (QED) is 0.375. The third kappa shape index (κ3) is 3.38. The molecule has 0 amide bonds. The molecule has 4 nitrogen and oxygen atoms in total. The molecule has 1 heterocycles. The molecule has 106 valence electrons. The summed E-state index contributed by atoms with van der Waals surface area (Å²) in [4.78, 5) is 12.3. The number of hydrogen-bond donors (Lipinski definition) is 2. The summed E-state index contributed by atoms with van der Waals surface area (Å²) in [6.45, 7) is 1.43. The third-order valence-electron chi connectivity index (χ3n) is 3.21. The largest absolute Gasteiger partial charge is 0.506 e. The number of carbonyl (C=O) groups excluding carboxylic acids is 1. The molecule has 6 heteroatoms. The van der Waals surface area contributed by atoms with Crippen molar-refractivity contribution in [1.82, 2.24) is 5.32 Å². The average Bonchev–Trinajstić information content (AvgIpc) is 2.43. The van der Waals surface area contributed by atoms with Gasteiger partial charge < -0.3 is 15.2 Å². The number of terminal acetylenes is 1. The Morgan fingerprint density at radius 3 is 2.65 bits per heavy atom. The molecule has 1 aromatic carbocycles. The van der Waals surface area contributed by atoms with E-state index in [-0.39, 0.29) is 11.3 Å². The highest BCUT2D eigenvalue weighted by atomic mass is 127. The number of halogens is 2. The van der Waals surface area contributed by atoms with E-state index >= 15 is 0 Å². The molecule has 1 aliphatic rings. The van der Waals surface area contributed by atoms with Crippen LogP contribution in [0.25, 0.3) is 0 Å². The van der Waals surface area contributed by atoms with Crippen LogP contribution in [0.4, 0.5) is 0 Å². The number of carbonyl (C=O) groups is 1. The van der Waals surface area contributed by atoms with Crippen LogP contribution in [0.3, 0.4) is 0 Å². The zero-order valence-corrected chi connectivity index (χ0v) is 14.9. The van der Waals surface area contributed by atoms with Crippen molar-refractivity contribution in [3.8, 4) is 18.1 Å². The van der Waals surface area contributed by atoms with E-state index in [1.54, 1.807) is 12.1 Å². The number of rotatable bonds is 2. The van der Waals surface area contributed by atoms with Crippen molar-refractivity contribution in [2.24, 2.45) is 0 Å². The first-order chi connectivity index (χ1) is 9.47. The Morgan fingerprint density at radius 1 is 1.40 bits per heavy atom. The molecule has 0 unspecified atom stereocenters. The molecule has 2 N–H and O–H groups in total. The van der Waals surface area contributed by atoms with Gasteiger partial charge in [0.05, 0.1) is 3.57 Å². The molecule has 2 rings (SSSR count). The number of phenolic OH excluding ortho intramolecular Hbond substituents is 1. The highest BCUT2D eigenvalue weighted by Crippen LogP contribution is 2.30. The zero-order chi connectivity index (χ0) is 14.8. The molecule has 0 aromatic heterocycles. The van der Waals surface area contributed by atoms with Gasteiger partial charge in [0, 0.05) is 16.4 Å². The van der Waals surface area contributed by atoms with E-state index in [1.807, 2.05) is 22.6 Å². The summed E-state index contributed by atoms with van der Waals surface area (Å²) < 4.78 is 6.99. The van der Waals surface area contributed by atoms with Crippen molar-refractivity contribution >= 4 is 51.2 Å². The molecule has 0 atom stereocenters. The summed E-state index contributed by atoms with van der Waals surface area (Å²) in [5, 5.41) is 13.2. The summed E-state index contributed by atoms with van der Waals surface area (Å²) >= 11 is 4.07. The number of esters is 1. The van der Waals surface area contributed by atoms with E-state index < -0.39 is 11.6 Å². The molecule has 1 fully saturated rings. The Hall–Kier alpha value is -0.530. The van der Waals surface area contributed by atoms with Crippen LogP contribution in [0.15, 0.2) is 12.1 Å². The number of piperidine rings is 1. The van der Waals surface area contributed by atoms with E-state index in [0.29, 0.717) is 29.5 Å². The Labute approximate surface area is 144 Å². The van der Waals surface area contributed by atoms with Crippen molar-refractivity contribution in [3.63, 3.8) is 0 Å². The van der Waals surface area contributed by atoms with Gasteiger partial charge in [-0.2, -0.15) is 0 Å². The molecule has 1 saturated heterocycles. The number of benzene rings is 1. The van der Waals surface area contributed by atoms with Crippen molar-refractivity contribution in [2.45, 2.75) is 18.4 Å². The maximum atomic E-state index is 12.3. The number of phenols is 1. The number of hydrogen-bond acceptors (Lipinski definition) is 4. The average molecular weight is 497 g/mol. The first-order valence-corrected chi connectivity index (χ1v) is 8.23. The van der Waals surface area contributed by atoms with Gasteiger partial charge in [-0.1, -0.05) is 5.92 Å². The maximum absolute atomic E-state index is 12.3. The SMILES string of the molecule is C#CC1(OC(=O)c2cc(I)cc(I)c2O)CCNCC1. The number of ether oxygens (including phenoxy) is 1. The van der Waals surface area contributed by atoms with Crippen LogP contribution in [0, 0.1) is 19.5 Å². The van der Waals surface area contributed by atoms with Crippen LogP contribution in [0.1, 0.15) is 23.2 Å². The molecule has 0 spiro atoms. The van der Waals surface area contributed by atoms with Gasteiger partial charge in [-0.3, -0.25) is 0 Å². The molecule has 0 saturated carbocycles. The van der Waals surface area contributed by atoms with Crippen LogP contribution in [-0.2, 0) is 4.74 Å². The van der Waals surface area contributed by atoms with Crippen molar-refractivity contribution < 1.29 is 14.6 Å². The summed E-state index contributed by atoms with van der Waals surface area (Å²) in [7, 11) is 0. The van der Waals surface area contributed by atoms with Gasteiger partial charge >= 0.3 is 5.97 Å². The fourth-order valence-corrected chi connectivity index (χ4v) is 3.91. The molecular weight excluding hydrogens is 484 g/mol. The second-order valence-corrected chi connectivity index (χ2v) is 6.97. The van der Waals surface area contributed by atoms with Gasteiger partial charge in [-0.05, 0) is 70.4 Å². The summed E-state index contributed by atoms with van der Waals surface area (Å²) in [5.74, 6) is 1.97. The molecular formula is C14H13I2NO3. The second-order valence-electron chi connectivity index (χ2n) is 4.56. The Bertz CT molecular complexity index is 575. The van der Waals surface area contributed by atoms with Gasteiger partial charge in [0.25, 0.3) is 0 Å². The molecule has 1 aliphatic heterocycles. The minimum atomic E-state index is -0.874. The predicted octanol–water partition coefficient (Wildman–Crippen LogP) is 2.51. The highest BCUT2D eigenvalue weighted by Gasteiger charge is 2.35. The standard InChI is InChI=1S/C14H13I2NO3/c1-2-14(3-5-17-6-4-14)20-13(19)10-7-9(15)8-11(16)12(10)18/h1,7-8,17-18H,3-6H2. The monoisotopic (exact) mass is 497 g/mol. The van der Waals surface area contributed by atoms with E-state index in [2.05, 4.69) is 33.8 Å². The smallest absolute Gasteiger partial charge is 0.343 e. The lowest BCUT2D eigenvalue weighted by molar-refractivity contribution is -0.00400. The summed E-state index contributed by atoms with van der Waals surface area (Å²) in [6.07, 6.45) is 6.70. The third-order valence-corrected chi connectivity index (χ3v) is 4.66. The number of aromatic hydroxyl groups is 1. The van der Waals surface area contributed by atoms with Crippen LogP contribution in [-0.4, -0.2) is 29.8 Å². The highest BCUT2D eigenvalue weighted by molar-refractivity contribution is 14.1. The molecule has 0 bridgehead atoms. The first-order valence-electron chi connectivity index (χ1n) is 6.07. The predicted molar refractivity (Wildman–Crippen MR) is 92.6 cm³/mol. The van der Waals surface area contributed by atoms with Crippen LogP contribution >= 0.6 is 45.2 Å². The summed E-state index contributed by atoms with van der Waals surface area (Å²) in [6, 6.07) is 3.39. The van der Waals surface area contributed by atoms with Gasteiger partial charge in [-0.25, -0.2) is 4.79 Å². The van der Waals surface area contributed by atoms with Crippen molar-refractivity contribution in [2.75, 3.05) is 13.1 Å². The molecule has 0 radical (unpaired) electrons. The lowest BCUT2D eigenvalue weighted by Gasteiger charge is -2.32. The van der Waals surface area contributed by atoms with Gasteiger partial charge in [0.15, 0.2) is 5.60 Å². The van der Waals surface area contributed by atoms with E-state index in [9.17, 15) is 9.90 Å². The Morgan fingerprint density at radius 2 is 2.05 bits per heavy atom. The molecule has 0 aliphatic carbocycles. The van der Waals surface area contributed by atoms with Crippen LogP contribution in [0.2, 0.25) is 0 Å². The lowest BCUT2D eigenvalue weighted by Crippen LogP contribution is -2.44. The van der Waals surface area contributed by atoms with E-state index in [4.69, 9.17) is 11.2 Å². The fraction of sp³-hybridized carbons (Fsp3) is 0.357. The number of nitrogens with one attached hydrogen (secondary N) is 1. The lowest BCUT2D eigenvalue weighted by atomic mass is 9.93. The van der Waals surface area contributed by atoms with Gasteiger partial charge in [0.2, 0.25) is 0 Å². The van der Waals surface area contributed by atoms with E-state index in [1.165, 1.54) is 0 Å². The van der Waals surface area contributed by atoms with Gasteiger partial charge in [0.1, 0.15) is 11.3 Å². The van der Waals surface area contributed by atoms with Crippen LogP contribution in [0.5, 0.6) is 5.75 Å². The summed E-state index contributed by atoms with van der Waals surface area (Å²) in [5.41, 5.74) is -0.712. The normalized spacial score (nSPS) is 17.2. The Balaban J connectivity index is 2.26. The fourth-order valence-electron chi connectivity index (χ4n) is 2.06. The maximum Gasteiger partial charge on any atom is 0.343 e. The van der Waals surface area contributed by atoms with E-state index in [0.717, 1.165) is 3.57 Å². The van der Waals surface area contributed by atoms with Crippen molar-refractivity contribution in [3.05, 3.63) is 24.8 Å². The molecule has 20 heavy (non-hydrogen) atoms. The minimum absolute atomic E-state index is 0.0582. The Kier molecular flexibility index (Phi) is 5.14. The molecule has 1 aromatic rings. The topological polar surface area (TPSA) is 58.6 Å². The van der Waals surface area contributed by atoms with Gasteiger partial charge in [-0.15, -0.1) is 6.42 Å². The first kappa shape index (κ1) is 15.9. The van der Waals surface area contributed by atoms with Crippen molar-refractivity contribution in [1.29, 1.82) is 0 Å². The van der Waals surface area contributed by atoms with Crippen LogP contribution < -0.4 is 5.32 Å². The second kappa shape index (κ2) is 6.49. The zero-order valence-electron chi connectivity index (χ0n) is 10.6.